The van der Waals surface area contributed by atoms with Crippen LogP contribution >= 0.6 is 11.6 Å². The number of alkyl halides is 2. The Balaban J connectivity index is 1.91. The number of anilines is 2. The van der Waals surface area contributed by atoms with E-state index in [1.165, 1.54) is 31.6 Å². The van der Waals surface area contributed by atoms with Crippen molar-refractivity contribution >= 4 is 34.0 Å². The first kappa shape index (κ1) is 20.9. The Hall–Kier alpha value is -2.85. The fraction of sp³-hybridized carbons (Fsp3) is 0.222. The van der Waals surface area contributed by atoms with Crippen LogP contribution in [0.4, 0.5) is 29.1 Å². The fourth-order valence-electron chi connectivity index (χ4n) is 2.47. The van der Waals surface area contributed by atoms with Crippen LogP contribution in [0.1, 0.15) is 0 Å². The Kier molecular flexibility index (Phi) is 6.55. The highest BCUT2D eigenvalue weighted by Crippen LogP contribution is 2.35. The topological polar surface area (TPSA) is 65.5 Å². The normalized spacial score (nSPS) is 11.1. The average Bonchev–Trinajstić information content (AvgIpc) is 2.71. The van der Waals surface area contributed by atoms with E-state index in [-0.39, 0.29) is 36.2 Å². The van der Waals surface area contributed by atoms with Crippen LogP contribution in [-0.2, 0) is 4.74 Å². The van der Waals surface area contributed by atoms with Crippen LogP contribution in [0.3, 0.4) is 0 Å². The van der Waals surface area contributed by atoms with E-state index in [0.29, 0.717) is 10.9 Å². The summed E-state index contributed by atoms with van der Waals surface area (Å²) in [6, 6.07) is 5.24. The van der Waals surface area contributed by atoms with Gasteiger partial charge in [0.05, 0.1) is 24.9 Å². The molecular formula is C18H14ClF4N3O3. The number of nitrogens with zero attached hydrogens (tertiary/aromatic N) is 2. The molecule has 0 radical (unpaired) electrons. The van der Waals surface area contributed by atoms with Crippen molar-refractivity contribution < 1.29 is 31.8 Å². The van der Waals surface area contributed by atoms with Gasteiger partial charge in [-0.15, -0.1) is 0 Å². The van der Waals surface area contributed by atoms with Gasteiger partial charge in [-0.05, 0) is 18.2 Å². The summed E-state index contributed by atoms with van der Waals surface area (Å²) in [5, 5.41) is 2.54. The Morgan fingerprint density at radius 3 is 2.62 bits per heavy atom. The molecule has 0 saturated heterocycles. The van der Waals surface area contributed by atoms with E-state index >= 15 is 0 Å². The van der Waals surface area contributed by atoms with Gasteiger partial charge in [0.2, 0.25) is 0 Å². The Bertz CT molecular complexity index is 1020. The number of rotatable bonds is 8. The van der Waals surface area contributed by atoms with E-state index in [9.17, 15) is 17.6 Å². The fourth-order valence-corrected chi connectivity index (χ4v) is 2.64. The molecule has 0 amide bonds. The molecule has 154 valence electrons. The van der Waals surface area contributed by atoms with E-state index in [2.05, 4.69) is 20.0 Å². The number of ether oxygens (including phenoxy) is 3. The highest BCUT2D eigenvalue weighted by Gasteiger charge is 2.16. The van der Waals surface area contributed by atoms with Crippen LogP contribution < -0.4 is 14.8 Å². The lowest BCUT2D eigenvalue weighted by Crippen LogP contribution is -2.10. The zero-order valence-electron chi connectivity index (χ0n) is 14.9. The number of nitrogens with one attached hydrogen (secondary N) is 1. The van der Waals surface area contributed by atoms with Crippen molar-refractivity contribution in [2.24, 2.45) is 0 Å². The molecule has 0 bridgehead atoms. The van der Waals surface area contributed by atoms with Gasteiger partial charge in [-0.1, -0.05) is 11.6 Å². The molecule has 1 heterocycles. The first-order valence-corrected chi connectivity index (χ1v) is 8.54. The minimum Gasteiger partial charge on any atom is -0.493 e. The summed E-state index contributed by atoms with van der Waals surface area (Å²) >= 11 is 5.60. The molecule has 29 heavy (non-hydrogen) atoms. The largest absolute Gasteiger partial charge is 0.493 e. The Labute approximate surface area is 167 Å². The minimum absolute atomic E-state index is 0.0835. The Morgan fingerprint density at radius 2 is 1.90 bits per heavy atom. The molecule has 11 heteroatoms. The molecular weight excluding hydrogens is 418 g/mol. The lowest BCUT2D eigenvalue weighted by atomic mass is 10.2. The van der Waals surface area contributed by atoms with Gasteiger partial charge in [-0.25, -0.2) is 18.7 Å². The molecule has 0 atom stereocenters. The van der Waals surface area contributed by atoms with Crippen molar-refractivity contribution in [1.29, 1.82) is 0 Å². The van der Waals surface area contributed by atoms with Crippen molar-refractivity contribution in [1.82, 2.24) is 9.97 Å². The summed E-state index contributed by atoms with van der Waals surface area (Å²) in [4.78, 5) is 8.18. The number of fused-ring (bicyclic) bond motifs is 1. The standard InChI is InChI=1S/C18H14ClF4N3O3/c1-27-13-6-9-12(7-14(13)28-4-5-29-18(22)23)24-8-25-17(9)26-11-3-2-10(20)15(19)16(11)21/h2-3,6-8,18H,4-5H2,1H3,(H,24,25,26). The second-order valence-corrected chi connectivity index (χ2v) is 5.95. The molecule has 0 spiro atoms. The molecule has 1 aromatic heterocycles. The highest BCUT2D eigenvalue weighted by molar-refractivity contribution is 6.31. The van der Waals surface area contributed by atoms with Crippen LogP contribution in [0.2, 0.25) is 5.02 Å². The highest BCUT2D eigenvalue weighted by atomic mass is 35.5. The minimum atomic E-state index is -2.89. The third-order valence-electron chi connectivity index (χ3n) is 3.79. The quantitative estimate of drug-likeness (QED) is 0.310. The summed E-state index contributed by atoms with van der Waals surface area (Å²) in [5.41, 5.74) is 0.321. The lowest BCUT2D eigenvalue weighted by molar-refractivity contribution is -0.133. The van der Waals surface area contributed by atoms with E-state index in [4.69, 9.17) is 21.1 Å². The van der Waals surface area contributed by atoms with Crippen LogP contribution in [0.15, 0.2) is 30.6 Å². The van der Waals surface area contributed by atoms with Crippen molar-refractivity contribution in [2.75, 3.05) is 25.6 Å². The molecule has 6 nitrogen and oxygen atoms in total. The predicted octanol–water partition coefficient (Wildman–Crippen LogP) is 4.93. The molecule has 0 aliphatic rings. The molecule has 0 fully saturated rings. The summed E-state index contributed by atoms with van der Waals surface area (Å²) in [5.74, 6) is -1.13. The van der Waals surface area contributed by atoms with Crippen molar-refractivity contribution in [3.63, 3.8) is 0 Å². The first-order chi connectivity index (χ1) is 13.9. The second kappa shape index (κ2) is 9.10. The molecule has 2 aromatic carbocycles. The van der Waals surface area contributed by atoms with Crippen LogP contribution in [0.5, 0.6) is 11.5 Å². The van der Waals surface area contributed by atoms with Gasteiger partial charge >= 0.3 is 6.61 Å². The number of methoxy groups -OCH3 is 1. The maximum absolute atomic E-state index is 14.2. The summed E-state index contributed by atoms with van der Waals surface area (Å²) < 4.78 is 66.4. The third kappa shape index (κ3) is 4.77. The average molecular weight is 432 g/mol. The van der Waals surface area contributed by atoms with Gasteiger partial charge in [0.1, 0.15) is 29.6 Å². The molecule has 3 aromatic rings. The number of hydrogen-bond donors (Lipinski definition) is 1. The maximum Gasteiger partial charge on any atom is 0.345 e. The number of aromatic nitrogens is 2. The van der Waals surface area contributed by atoms with Crippen molar-refractivity contribution in [2.45, 2.75) is 6.61 Å². The van der Waals surface area contributed by atoms with Gasteiger partial charge in [0.25, 0.3) is 0 Å². The maximum atomic E-state index is 14.2. The molecule has 0 unspecified atom stereocenters. The van der Waals surface area contributed by atoms with Crippen LogP contribution in [0, 0.1) is 11.6 Å². The monoisotopic (exact) mass is 431 g/mol. The smallest absolute Gasteiger partial charge is 0.345 e. The Morgan fingerprint density at radius 1 is 1.10 bits per heavy atom. The van der Waals surface area contributed by atoms with E-state index in [0.717, 1.165) is 6.07 Å². The lowest BCUT2D eigenvalue weighted by Gasteiger charge is -2.14. The van der Waals surface area contributed by atoms with Gasteiger partial charge in [-0.2, -0.15) is 8.78 Å². The first-order valence-electron chi connectivity index (χ1n) is 8.16. The van der Waals surface area contributed by atoms with Crippen LogP contribution in [0.25, 0.3) is 10.9 Å². The number of hydrogen-bond acceptors (Lipinski definition) is 6. The van der Waals surface area contributed by atoms with Crippen LogP contribution in [-0.4, -0.2) is 36.9 Å². The summed E-state index contributed by atoms with van der Waals surface area (Å²) in [6.45, 7) is -3.35. The SMILES string of the molecule is COc1cc2c(Nc3ccc(F)c(Cl)c3F)ncnc2cc1OCCOC(F)F. The van der Waals surface area contributed by atoms with Crippen molar-refractivity contribution in [3.8, 4) is 11.5 Å². The molecule has 0 saturated carbocycles. The van der Waals surface area contributed by atoms with Gasteiger partial charge < -0.3 is 19.5 Å². The van der Waals surface area contributed by atoms with E-state index in [1.54, 1.807) is 0 Å². The second-order valence-electron chi connectivity index (χ2n) is 5.57. The van der Waals surface area contributed by atoms with E-state index in [1.807, 2.05) is 0 Å². The summed E-state index contributed by atoms with van der Waals surface area (Å²) in [6.07, 6.45) is 1.23. The zero-order chi connectivity index (χ0) is 21.0. The van der Waals surface area contributed by atoms with Gasteiger partial charge in [0.15, 0.2) is 17.3 Å². The zero-order valence-corrected chi connectivity index (χ0v) is 15.6. The molecule has 0 aliphatic heterocycles. The molecule has 0 aliphatic carbocycles. The molecule has 3 rings (SSSR count). The molecule has 1 N–H and O–H groups in total. The van der Waals surface area contributed by atoms with Gasteiger partial charge in [0, 0.05) is 11.5 Å². The van der Waals surface area contributed by atoms with Crippen molar-refractivity contribution in [3.05, 3.63) is 47.2 Å². The number of benzene rings is 2. The number of halogens is 5. The van der Waals surface area contributed by atoms with Gasteiger partial charge in [-0.3, -0.25) is 0 Å². The predicted molar refractivity (Wildman–Crippen MR) is 98.2 cm³/mol. The van der Waals surface area contributed by atoms with E-state index < -0.39 is 23.3 Å². The summed E-state index contributed by atoms with van der Waals surface area (Å²) in [7, 11) is 1.39. The third-order valence-corrected chi connectivity index (χ3v) is 4.14.